The minimum atomic E-state index is -1.99. The molecule has 8 atom stereocenters. The van der Waals surface area contributed by atoms with Crippen LogP contribution in [-0.4, -0.2) is 40.6 Å². The normalized spacial score (nSPS) is 38.4. The molecule has 0 bridgehead atoms. The summed E-state index contributed by atoms with van der Waals surface area (Å²) in [5.74, 6) is 2.21. The van der Waals surface area contributed by atoms with E-state index in [4.69, 9.17) is 8.85 Å². The molecular weight excluding hydrogens is 513 g/mol. The molecule has 4 aliphatic carbocycles. The van der Waals surface area contributed by atoms with Gasteiger partial charge in [0.25, 0.3) is 0 Å². The predicted octanol–water partition coefficient (Wildman–Crippen LogP) is 9.50. The summed E-state index contributed by atoms with van der Waals surface area (Å²) in [5, 5.41) is 10.4. The van der Waals surface area contributed by atoms with Gasteiger partial charge in [0, 0.05) is 12.0 Å². The Kier molecular flexibility index (Phi) is 8.30. The van der Waals surface area contributed by atoms with E-state index in [2.05, 4.69) is 101 Å². The van der Waals surface area contributed by atoms with Crippen LogP contribution >= 0.6 is 0 Å². The van der Waals surface area contributed by atoms with Gasteiger partial charge in [0.05, 0.1) is 12.2 Å². The fraction of sp³-hybridized carbons (Fsp3) is 0.882. The van der Waals surface area contributed by atoms with Gasteiger partial charge in [-0.2, -0.15) is 0 Å². The Morgan fingerprint density at radius 1 is 0.897 bits per heavy atom. The molecule has 39 heavy (non-hydrogen) atoms. The Hall–Kier alpha value is -0.206. The van der Waals surface area contributed by atoms with Crippen molar-refractivity contribution < 1.29 is 14.0 Å². The van der Waals surface area contributed by atoms with Crippen molar-refractivity contribution in [3.05, 3.63) is 23.3 Å². The molecule has 4 rings (SSSR count). The second kappa shape index (κ2) is 10.2. The molecule has 0 saturated heterocycles. The van der Waals surface area contributed by atoms with Gasteiger partial charge in [-0.15, -0.1) is 0 Å². The van der Waals surface area contributed by atoms with Crippen LogP contribution in [0.1, 0.15) is 101 Å². The van der Waals surface area contributed by atoms with Crippen molar-refractivity contribution >= 4 is 16.6 Å². The van der Waals surface area contributed by atoms with Crippen LogP contribution in [0, 0.1) is 34.5 Å². The van der Waals surface area contributed by atoms with Crippen LogP contribution in [0.4, 0.5) is 0 Å². The highest BCUT2D eigenvalue weighted by atomic mass is 28.4. The van der Waals surface area contributed by atoms with Gasteiger partial charge in [0.1, 0.15) is 0 Å². The molecule has 224 valence electrons. The molecule has 0 aromatic heterocycles. The first-order chi connectivity index (χ1) is 17.7. The zero-order valence-electron chi connectivity index (χ0n) is 27.8. The van der Waals surface area contributed by atoms with E-state index in [9.17, 15) is 5.11 Å². The van der Waals surface area contributed by atoms with Crippen molar-refractivity contribution in [3.8, 4) is 0 Å². The van der Waals surface area contributed by atoms with Crippen molar-refractivity contribution in [1.82, 2.24) is 0 Å². The molecule has 3 nitrogen and oxygen atoms in total. The van der Waals surface area contributed by atoms with Crippen molar-refractivity contribution in [1.29, 1.82) is 0 Å². The molecule has 0 spiro atoms. The highest BCUT2D eigenvalue weighted by Crippen LogP contribution is 2.66. The van der Waals surface area contributed by atoms with Crippen LogP contribution in [-0.2, 0) is 8.85 Å². The molecule has 1 unspecified atom stereocenters. The van der Waals surface area contributed by atoms with Crippen molar-refractivity contribution in [3.63, 3.8) is 0 Å². The molecule has 0 aromatic rings. The van der Waals surface area contributed by atoms with Gasteiger partial charge in [-0.25, -0.2) is 0 Å². The van der Waals surface area contributed by atoms with Crippen LogP contribution < -0.4 is 0 Å². The molecule has 4 aliphatic rings. The summed E-state index contributed by atoms with van der Waals surface area (Å²) in [6.07, 6.45) is 12.6. The Morgan fingerprint density at radius 3 is 2.05 bits per heavy atom. The lowest BCUT2D eigenvalue weighted by Crippen LogP contribution is -2.58. The molecule has 1 N–H and O–H groups in total. The van der Waals surface area contributed by atoms with Crippen LogP contribution in [0.2, 0.25) is 36.3 Å². The van der Waals surface area contributed by atoms with Gasteiger partial charge in [0.15, 0.2) is 16.6 Å². The predicted molar refractivity (Wildman–Crippen MR) is 171 cm³/mol. The van der Waals surface area contributed by atoms with Crippen molar-refractivity contribution in [2.75, 3.05) is 6.61 Å². The number of hydrogen-bond donors (Lipinski definition) is 1. The summed E-state index contributed by atoms with van der Waals surface area (Å²) in [6.45, 7) is 31.6. The average molecular weight is 575 g/mol. The lowest BCUT2D eigenvalue weighted by Gasteiger charge is -2.59. The van der Waals surface area contributed by atoms with Gasteiger partial charge < -0.3 is 14.0 Å². The van der Waals surface area contributed by atoms with Crippen LogP contribution in [0.3, 0.4) is 0 Å². The maximum Gasteiger partial charge on any atom is 0.192 e. The van der Waals surface area contributed by atoms with Crippen molar-refractivity contribution in [2.45, 2.75) is 149 Å². The summed E-state index contributed by atoms with van der Waals surface area (Å²) in [6, 6.07) is 0. The van der Waals surface area contributed by atoms with E-state index in [1.807, 2.05) is 0 Å². The molecule has 0 aliphatic heterocycles. The molecule has 0 radical (unpaired) electrons. The second-order valence-electron chi connectivity index (χ2n) is 17.4. The molecule has 0 amide bonds. The van der Waals surface area contributed by atoms with E-state index in [0.717, 1.165) is 12.8 Å². The molecule has 0 heterocycles. The summed E-state index contributed by atoms with van der Waals surface area (Å²) in [4.78, 5) is 0. The van der Waals surface area contributed by atoms with Crippen LogP contribution in [0.5, 0.6) is 0 Å². The van der Waals surface area contributed by atoms with Crippen LogP contribution in [0.25, 0.3) is 0 Å². The lowest BCUT2D eigenvalue weighted by atomic mass is 9.49. The molecular formula is C34H62O3Si2. The standard InChI is InChI=1S/C34H62O3Si2/c1-23(22-35)27-16-17-28-26-15-14-24-20-25(36-38(10,11)31(2,3)4)21-30(37-39(12,13)32(5,6)7)34(24,9)29(26)18-19-33(27,28)8/h14-15,23,25,27-30,35H,16-22H2,1-13H3/t23?,25-,27-,28+,29+,30+,33-,34+/m1/s1. The van der Waals surface area contributed by atoms with E-state index in [-0.39, 0.29) is 27.7 Å². The summed E-state index contributed by atoms with van der Waals surface area (Å²) < 4.78 is 14.6. The first-order valence-corrected chi connectivity index (χ1v) is 21.9. The first kappa shape index (κ1) is 31.7. The van der Waals surface area contributed by atoms with Crippen LogP contribution in [0.15, 0.2) is 23.3 Å². The molecule has 0 aromatic carbocycles. The summed E-state index contributed by atoms with van der Waals surface area (Å²) >= 11 is 0. The Bertz CT molecular complexity index is 983. The Labute approximate surface area is 243 Å². The Morgan fingerprint density at radius 2 is 1.49 bits per heavy atom. The quantitative estimate of drug-likeness (QED) is 0.321. The third kappa shape index (κ3) is 5.28. The third-order valence-corrected chi connectivity index (χ3v) is 22.2. The monoisotopic (exact) mass is 574 g/mol. The number of hydrogen-bond acceptors (Lipinski definition) is 3. The Balaban J connectivity index is 1.73. The number of aliphatic hydroxyl groups is 1. The lowest BCUT2D eigenvalue weighted by molar-refractivity contribution is -0.0459. The SMILES string of the molecule is CC(CO)[C@H]1CC[C@H]2C3=CC=C4C[C@@H](O[Si](C)(C)C(C)(C)C)C[C@H](O[Si](C)(C)C(C)(C)C)[C@]4(C)[C@H]3CC[C@]12C. The number of aliphatic hydroxyl groups excluding tert-OH is 1. The maximum atomic E-state index is 10.0. The van der Waals surface area contributed by atoms with E-state index in [1.54, 1.807) is 11.1 Å². The van der Waals surface area contributed by atoms with Gasteiger partial charge >= 0.3 is 0 Å². The van der Waals surface area contributed by atoms with E-state index in [0.29, 0.717) is 35.7 Å². The minimum absolute atomic E-state index is 0.0366. The maximum absolute atomic E-state index is 10.0. The fourth-order valence-electron chi connectivity index (χ4n) is 8.49. The number of rotatable bonds is 6. The highest BCUT2D eigenvalue weighted by molar-refractivity contribution is 6.74. The summed E-state index contributed by atoms with van der Waals surface area (Å²) in [5.41, 5.74) is 3.63. The molecule has 3 fully saturated rings. The van der Waals surface area contributed by atoms with Gasteiger partial charge in [-0.1, -0.05) is 85.6 Å². The van der Waals surface area contributed by atoms with E-state index >= 15 is 0 Å². The van der Waals surface area contributed by atoms with Gasteiger partial charge in [-0.05, 0) is 104 Å². The number of allylic oxidation sites excluding steroid dienone is 3. The molecule has 5 heteroatoms. The zero-order chi connectivity index (χ0) is 29.4. The number of fused-ring (bicyclic) bond motifs is 5. The topological polar surface area (TPSA) is 38.7 Å². The first-order valence-electron chi connectivity index (χ1n) is 16.1. The second-order valence-corrected chi connectivity index (χ2v) is 27.0. The van der Waals surface area contributed by atoms with Gasteiger partial charge in [-0.3, -0.25) is 0 Å². The van der Waals surface area contributed by atoms with E-state index < -0.39 is 16.6 Å². The van der Waals surface area contributed by atoms with Gasteiger partial charge in [0.2, 0.25) is 0 Å². The smallest absolute Gasteiger partial charge is 0.192 e. The third-order valence-electron chi connectivity index (χ3n) is 13.2. The van der Waals surface area contributed by atoms with Crippen molar-refractivity contribution in [2.24, 2.45) is 34.5 Å². The van der Waals surface area contributed by atoms with E-state index in [1.165, 1.54) is 25.7 Å². The average Bonchev–Trinajstić information content (AvgIpc) is 3.14. The highest BCUT2D eigenvalue weighted by Gasteiger charge is 2.60. The fourth-order valence-corrected chi connectivity index (χ4v) is 11.3. The molecule has 3 saturated carbocycles. The summed E-state index contributed by atoms with van der Waals surface area (Å²) in [7, 11) is -3.88. The minimum Gasteiger partial charge on any atom is -0.414 e. The largest absolute Gasteiger partial charge is 0.414 e. The zero-order valence-corrected chi connectivity index (χ0v) is 29.8.